The van der Waals surface area contributed by atoms with E-state index in [2.05, 4.69) is 29.4 Å². The molecule has 2 rings (SSSR count). The molecule has 4 N–H and O–H groups in total. The molecular weight excluding hydrogens is 228 g/mol. The zero-order chi connectivity index (χ0) is 13.1. The van der Waals surface area contributed by atoms with Crippen molar-refractivity contribution in [2.75, 3.05) is 12.3 Å². The van der Waals surface area contributed by atoms with Crippen LogP contribution in [0.2, 0.25) is 0 Å². The SMILES string of the molecule is CCC(C)CNC(=O)c1n[nH]c2ccc(N)cc12. The van der Waals surface area contributed by atoms with Crippen molar-refractivity contribution in [2.45, 2.75) is 20.3 Å². The van der Waals surface area contributed by atoms with E-state index in [0.717, 1.165) is 17.3 Å². The van der Waals surface area contributed by atoms with Gasteiger partial charge in [-0.05, 0) is 24.1 Å². The minimum absolute atomic E-state index is 0.160. The highest BCUT2D eigenvalue weighted by atomic mass is 16.1. The predicted octanol–water partition coefficient (Wildman–Crippen LogP) is 1.92. The Balaban J connectivity index is 2.20. The first-order valence-corrected chi connectivity index (χ1v) is 6.13. The molecule has 0 bridgehead atoms. The molecule has 1 atom stereocenters. The van der Waals surface area contributed by atoms with E-state index in [4.69, 9.17) is 5.73 Å². The second-order valence-electron chi connectivity index (χ2n) is 4.60. The highest BCUT2D eigenvalue weighted by Gasteiger charge is 2.14. The van der Waals surface area contributed by atoms with Gasteiger partial charge in [0.05, 0.1) is 5.52 Å². The fourth-order valence-corrected chi connectivity index (χ4v) is 1.70. The van der Waals surface area contributed by atoms with Gasteiger partial charge in [0.15, 0.2) is 5.69 Å². The van der Waals surface area contributed by atoms with Gasteiger partial charge in [-0.2, -0.15) is 5.10 Å². The van der Waals surface area contributed by atoms with Crippen molar-refractivity contribution in [1.29, 1.82) is 0 Å². The van der Waals surface area contributed by atoms with Crippen LogP contribution in [0.15, 0.2) is 18.2 Å². The van der Waals surface area contributed by atoms with Gasteiger partial charge in [0, 0.05) is 17.6 Å². The summed E-state index contributed by atoms with van der Waals surface area (Å²) in [5.41, 5.74) is 7.57. The van der Waals surface area contributed by atoms with Crippen molar-refractivity contribution in [3.8, 4) is 0 Å². The van der Waals surface area contributed by atoms with Crippen LogP contribution in [0.3, 0.4) is 0 Å². The lowest BCUT2D eigenvalue weighted by Crippen LogP contribution is -2.28. The van der Waals surface area contributed by atoms with Crippen LogP contribution in [-0.4, -0.2) is 22.6 Å². The van der Waals surface area contributed by atoms with E-state index in [1.807, 2.05) is 6.07 Å². The van der Waals surface area contributed by atoms with Gasteiger partial charge in [-0.1, -0.05) is 20.3 Å². The van der Waals surface area contributed by atoms with Gasteiger partial charge < -0.3 is 11.1 Å². The Hall–Kier alpha value is -2.04. The van der Waals surface area contributed by atoms with Gasteiger partial charge in [-0.25, -0.2) is 0 Å². The Kier molecular flexibility index (Phi) is 3.50. The number of carbonyl (C=O) groups is 1. The summed E-state index contributed by atoms with van der Waals surface area (Å²) in [6.07, 6.45) is 1.04. The molecule has 96 valence electrons. The lowest BCUT2D eigenvalue weighted by atomic mass is 10.1. The Morgan fingerprint density at radius 3 is 3.06 bits per heavy atom. The third-order valence-corrected chi connectivity index (χ3v) is 3.11. The molecule has 0 saturated heterocycles. The molecule has 1 aromatic heterocycles. The molecule has 1 heterocycles. The van der Waals surface area contributed by atoms with Gasteiger partial charge in [-0.3, -0.25) is 9.89 Å². The number of benzene rings is 1. The van der Waals surface area contributed by atoms with Crippen molar-refractivity contribution in [2.24, 2.45) is 5.92 Å². The highest BCUT2D eigenvalue weighted by Crippen LogP contribution is 2.18. The Labute approximate surface area is 106 Å². The maximum Gasteiger partial charge on any atom is 0.272 e. The summed E-state index contributed by atoms with van der Waals surface area (Å²) < 4.78 is 0. The number of nitrogens with zero attached hydrogens (tertiary/aromatic N) is 1. The highest BCUT2D eigenvalue weighted by molar-refractivity contribution is 6.05. The molecular formula is C13H18N4O. The van der Waals surface area contributed by atoms with Crippen LogP contribution < -0.4 is 11.1 Å². The first kappa shape index (κ1) is 12.4. The molecule has 0 spiro atoms. The smallest absolute Gasteiger partial charge is 0.272 e. The molecule has 0 aliphatic rings. The molecule has 0 saturated carbocycles. The number of aromatic nitrogens is 2. The number of fused-ring (bicyclic) bond motifs is 1. The van der Waals surface area contributed by atoms with Crippen LogP contribution in [0, 0.1) is 5.92 Å². The van der Waals surface area contributed by atoms with Crippen molar-refractivity contribution in [3.05, 3.63) is 23.9 Å². The van der Waals surface area contributed by atoms with Crippen molar-refractivity contribution in [1.82, 2.24) is 15.5 Å². The average Bonchev–Trinajstić information content (AvgIpc) is 2.78. The molecule has 0 aliphatic carbocycles. The Bertz CT molecular complexity index is 561. The van der Waals surface area contributed by atoms with Crippen LogP contribution in [0.5, 0.6) is 0 Å². The van der Waals surface area contributed by atoms with Crippen LogP contribution in [0.4, 0.5) is 5.69 Å². The summed E-state index contributed by atoms with van der Waals surface area (Å²) >= 11 is 0. The number of nitrogen functional groups attached to an aromatic ring is 1. The maximum absolute atomic E-state index is 12.0. The van der Waals surface area contributed by atoms with Crippen LogP contribution in [-0.2, 0) is 0 Å². The van der Waals surface area contributed by atoms with E-state index in [0.29, 0.717) is 23.8 Å². The lowest BCUT2D eigenvalue weighted by molar-refractivity contribution is 0.0944. The van der Waals surface area contributed by atoms with Gasteiger partial charge in [0.25, 0.3) is 5.91 Å². The fourth-order valence-electron chi connectivity index (χ4n) is 1.70. The summed E-state index contributed by atoms with van der Waals surface area (Å²) in [5, 5.41) is 10.5. The van der Waals surface area contributed by atoms with E-state index >= 15 is 0 Å². The van der Waals surface area contributed by atoms with E-state index < -0.39 is 0 Å². The number of nitrogens with two attached hydrogens (primary N) is 1. The van der Waals surface area contributed by atoms with Crippen LogP contribution in [0.1, 0.15) is 30.8 Å². The molecule has 1 unspecified atom stereocenters. The Morgan fingerprint density at radius 1 is 1.56 bits per heavy atom. The third-order valence-electron chi connectivity index (χ3n) is 3.11. The van der Waals surface area contributed by atoms with E-state index in [1.165, 1.54) is 0 Å². The number of rotatable bonds is 4. The van der Waals surface area contributed by atoms with Crippen molar-refractivity contribution < 1.29 is 4.79 Å². The number of hydrogen-bond acceptors (Lipinski definition) is 3. The molecule has 2 aromatic rings. The second-order valence-corrected chi connectivity index (χ2v) is 4.60. The molecule has 18 heavy (non-hydrogen) atoms. The topological polar surface area (TPSA) is 83.8 Å². The normalized spacial score (nSPS) is 12.6. The number of nitrogens with one attached hydrogen (secondary N) is 2. The van der Waals surface area contributed by atoms with Crippen LogP contribution >= 0.6 is 0 Å². The first-order valence-electron chi connectivity index (χ1n) is 6.13. The standard InChI is InChI=1S/C13H18N4O/c1-3-8(2)7-15-13(18)12-10-6-9(14)4-5-11(10)16-17-12/h4-6,8H,3,7,14H2,1-2H3,(H,15,18)(H,16,17). The fraction of sp³-hybridized carbons (Fsp3) is 0.385. The summed E-state index contributed by atoms with van der Waals surface area (Å²) in [4.78, 5) is 12.0. The van der Waals surface area contributed by atoms with Gasteiger partial charge in [0.2, 0.25) is 0 Å². The number of amides is 1. The van der Waals surface area contributed by atoms with Gasteiger partial charge >= 0.3 is 0 Å². The molecule has 5 heteroatoms. The van der Waals surface area contributed by atoms with Crippen molar-refractivity contribution in [3.63, 3.8) is 0 Å². The predicted molar refractivity (Wildman–Crippen MR) is 72.3 cm³/mol. The number of anilines is 1. The summed E-state index contributed by atoms with van der Waals surface area (Å²) in [7, 11) is 0. The molecule has 0 radical (unpaired) electrons. The van der Waals surface area contributed by atoms with Crippen LogP contribution in [0.25, 0.3) is 10.9 Å². The number of aromatic amines is 1. The molecule has 5 nitrogen and oxygen atoms in total. The molecule has 1 amide bonds. The van der Waals surface area contributed by atoms with E-state index in [9.17, 15) is 4.79 Å². The number of H-pyrrole nitrogens is 1. The monoisotopic (exact) mass is 246 g/mol. The quantitative estimate of drug-likeness (QED) is 0.721. The zero-order valence-electron chi connectivity index (χ0n) is 10.7. The molecule has 1 aromatic carbocycles. The summed E-state index contributed by atoms with van der Waals surface area (Å²) in [5.74, 6) is 0.302. The minimum atomic E-state index is -0.160. The van der Waals surface area contributed by atoms with E-state index in [-0.39, 0.29) is 5.91 Å². The minimum Gasteiger partial charge on any atom is -0.399 e. The lowest BCUT2D eigenvalue weighted by Gasteiger charge is -2.08. The van der Waals surface area contributed by atoms with Gasteiger partial charge in [-0.15, -0.1) is 0 Å². The molecule has 0 fully saturated rings. The number of hydrogen-bond donors (Lipinski definition) is 3. The Morgan fingerprint density at radius 2 is 2.33 bits per heavy atom. The summed E-state index contributed by atoms with van der Waals surface area (Å²) in [6.45, 7) is 4.86. The average molecular weight is 246 g/mol. The van der Waals surface area contributed by atoms with Crippen molar-refractivity contribution >= 4 is 22.5 Å². The number of carbonyl (C=O) groups excluding carboxylic acids is 1. The first-order chi connectivity index (χ1) is 8.61. The largest absolute Gasteiger partial charge is 0.399 e. The maximum atomic E-state index is 12.0. The second kappa shape index (κ2) is 5.08. The molecule has 0 aliphatic heterocycles. The summed E-state index contributed by atoms with van der Waals surface area (Å²) in [6, 6.07) is 5.36. The van der Waals surface area contributed by atoms with Gasteiger partial charge in [0.1, 0.15) is 0 Å². The van der Waals surface area contributed by atoms with E-state index in [1.54, 1.807) is 12.1 Å². The zero-order valence-corrected chi connectivity index (χ0v) is 10.7. The third kappa shape index (κ3) is 2.45.